The topological polar surface area (TPSA) is 92.7 Å². The van der Waals surface area contributed by atoms with E-state index in [0.717, 1.165) is 17.0 Å². The van der Waals surface area contributed by atoms with Gasteiger partial charge in [0.15, 0.2) is 0 Å². The van der Waals surface area contributed by atoms with Gasteiger partial charge in [-0.2, -0.15) is 0 Å². The zero-order valence-electron chi connectivity index (χ0n) is 12.8. The van der Waals surface area contributed by atoms with E-state index in [9.17, 15) is 9.59 Å². The van der Waals surface area contributed by atoms with Crippen LogP contribution in [0.15, 0.2) is 4.52 Å². The molecule has 21 heavy (non-hydrogen) atoms. The van der Waals surface area contributed by atoms with Crippen LogP contribution in [-0.4, -0.2) is 59.5 Å². The zero-order chi connectivity index (χ0) is 15.6. The number of aryl methyl sites for hydroxylation is 2. The van der Waals surface area contributed by atoms with Gasteiger partial charge in [-0.15, -0.1) is 0 Å². The highest BCUT2D eigenvalue weighted by Gasteiger charge is 2.30. The molecule has 0 unspecified atom stereocenters. The van der Waals surface area contributed by atoms with Gasteiger partial charge in [0.2, 0.25) is 11.8 Å². The number of aromatic nitrogens is 1. The van der Waals surface area contributed by atoms with Crippen LogP contribution in [-0.2, 0) is 16.0 Å². The zero-order valence-corrected chi connectivity index (χ0v) is 12.8. The van der Waals surface area contributed by atoms with E-state index in [4.69, 9.17) is 10.3 Å². The molecule has 1 saturated heterocycles. The summed E-state index contributed by atoms with van der Waals surface area (Å²) in [5, 5.41) is 3.88. The van der Waals surface area contributed by atoms with Gasteiger partial charge in [-0.1, -0.05) is 5.16 Å². The molecule has 2 amide bonds. The standard InChI is InChI=1S/C14H22N4O3/c1-9-11(10(2)21-16-9)4-5-13(19)18-7-6-17(3)12(8-18)14(15)20/h12H,4-8H2,1-3H3,(H2,15,20)/t12-/m1/s1. The highest BCUT2D eigenvalue weighted by Crippen LogP contribution is 2.16. The van der Waals surface area contributed by atoms with Gasteiger partial charge in [0.25, 0.3) is 0 Å². The fraction of sp³-hybridized carbons (Fsp3) is 0.643. The Hall–Kier alpha value is -1.89. The molecule has 2 N–H and O–H groups in total. The number of nitrogens with zero attached hydrogens (tertiary/aromatic N) is 3. The second kappa shape index (κ2) is 6.26. The van der Waals surface area contributed by atoms with Crippen LogP contribution >= 0.6 is 0 Å². The van der Waals surface area contributed by atoms with Crippen molar-refractivity contribution < 1.29 is 14.1 Å². The SMILES string of the molecule is Cc1noc(C)c1CCC(=O)N1CCN(C)[C@@H](C(N)=O)C1. The summed E-state index contributed by atoms with van der Waals surface area (Å²) in [5.41, 5.74) is 7.19. The van der Waals surface area contributed by atoms with E-state index in [2.05, 4.69) is 5.16 Å². The first-order valence-electron chi connectivity index (χ1n) is 7.09. The van der Waals surface area contributed by atoms with Crippen LogP contribution in [0.25, 0.3) is 0 Å². The number of likely N-dealkylation sites (N-methyl/N-ethyl adjacent to an activating group) is 1. The summed E-state index contributed by atoms with van der Waals surface area (Å²) in [6, 6.07) is -0.401. The molecule has 0 saturated carbocycles. The van der Waals surface area contributed by atoms with Gasteiger partial charge >= 0.3 is 0 Å². The van der Waals surface area contributed by atoms with E-state index in [1.54, 1.807) is 4.90 Å². The number of nitrogens with two attached hydrogens (primary N) is 1. The van der Waals surface area contributed by atoms with Crippen molar-refractivity contribution in [1.82, 2.24) is 15.0 Å². The van der Waals surface area contributed by atoms with Crippen molar-refractivity contribution in [2.75, 3.05) is 26.7 Å². The quantitative estimate of drug-likeness (QED) is 0.834. The molecule has 1 aliphatic heterocycles. The van der Waals surface area contributed by atoms with E-state index in [-0.39, 0.29) is 11.8 Å². The summed E-state index contributed by atoms with van der Waals surface area (Å²) in [6.45, 7) is 5.37. The molecule has 0 spiro atoms. The van der Waals surface area contributed by atoms with Gasteiger partial charge in [0, 0.05) is 31.6 Å². The van der Waals surface area contributed by atoms with Crippen LogP contribution in [0, 0.1) is 13.8 Å². The van der Waals surface area contributed by atoms with Crippen molar-refractivity contribution in [3.05, 3.63) is 17.0 Å². The minimum absolute atomic E-state index is 0.0364. The van der Waals surface area contributed by atoms with Gasteiger partial charge < -0.3 is 15.2 Å². The van der Waals surface area contributed by atoms with Gasteiger partial charge in [-0.05, 0) is 27.3 Å². The van der Waals surface area contributed by atoms with E-state index in [1.807, 2.05) is 25.8 Å². The second-order valence-electron chi connectivity index (χ2n) is 5.54. The monoisotopic (exact) mass is 294 g/mol. The molecule has 1 aliphatic rings. The van der Waals surface area contributed by atoms with Gasteiger partial charge in [0.1, 0.15) is 11.8 Å². The number of carbonyl (C=O) groups excluding carboxylic acids is 2. The Bertz CT molecular complexity index is 521. The van der Waals surface area contributed by atoms with E-state index in [1.165, 1.54) is 0 Å². The molecule has 7 heteroatoms. The molecule has 0 aliphatic carbocycles. The van der Waals surface area contributed by atoms with E-state index >= 15 is 0 Å². The summed E-state index contributed by atoms with van der Waals surface area (Å²) < 4.78 is 5.09. The molecule has 1 atom stereocenters. The third-order valence-corrected chi connectivity index (χ3v) is 4.10. The smallest absolute Gasteiger partial charge is 0.236 e. The van der Waals surface area contributed by atoms with Gasteiger partial charge in [-0.25, -0.2) is 0 Å². The molecule has 2 heterocycles. The third kappa shape index (κ3) is 3.41. The van der Waals surface area contributed by atoms with Crippen LogP contribution in [0.2, 0.25) is 0 Å². The lowest BCUT2D eigenvalue weighted by Crippen LogP contribution is -2.57. The highest BCUT2D eigenvalue weighted by molar-refractivity contribution is 5.82. The molecule has 1 aromatic rings. The molecule has 0 bridgehead atoms. The molecule has 7 nitrogen and oxygen atoms in total. The van der Waals surface area contributed by atoms with Crippen LogP contribution in [0.4, 0.5) is 0 Å². The lowest BCUT2D eigenvalue weighted by molar-refractivity contribution is -0.136. The number of hydrogen-bond acceptors (Lipinski definition) is 5. The van der Waals surface area contributed by atoms with Crippen molar-refractivity contribution in [3.63, 3.8) is 0 Å². The molecule has 1 fully saturated rings. The lowest BCUT2D eigenvalue weighted by atomic mass is 10.1. The summed E-state index contributed by atoms with van der Waals surface area (Å²) >= 11 is 0. The third-order valence-electron chi connectivity index (χ3n) is 4.10. The Morgan fingerprint density at radius 2 is 2.10 bits per heavy atom. The maximum atomic E-state index is 12.3. The minimum atomic E-state index is -0.401. The normalized spacial score (nSPS) is 19.8. The molecule has 1 aromatic heterocycles. The average Bonchev–Trinajstić information content (AvgIpc) is 2.75. The number of piperazine rings is 1. The van der Waals surface area contributed by atoms with Gasteiger partial charge in [-0.3, -0.25) is 14.5 Å². The predicted octanol–water partition coefficient (Wildman–Crippen LogP) is -0.148. The molecule has 2 rings (SSSR count). The molecular weight excluding hydrogens is 272 g/mol. The first-order valence-corrected chi connectivity index (χ1v) is 7.09. The van der Waals surface area contributed by atoms with Crippen LogP contribution in [0.3, 0.4) is 0 Å². The van der Waals surface area contributed by atoms with Gasteiger partial charge in [0.05, 0.1) is 5.69 Å². The Kier molecular flexibility index (Phi) is 4.62. The van der Waals surface area contributed by atoms with Crippen molar-refractivity contribution in [2.24, 2.45) is 5.73 Å². The summed E-state index contributed by atoms with van der Waals surface area (Å²) in [7, 11) is 1.85. The van der Waals surface area contributed by atoms with E-state index < -0.39 is 6.04 Å². The van der Waals surface area contributed by atoms with Crippen LogP contribution in [0.5, 0.6) is 0 Å². The van der Waals surface area contributed by atoms with Crippen molar-refractivity contribution >= 4 is 11.8 Å². The second-order valence-corrected chi connectivity index (χ2v) is 5.54. The summed E-state index contributed by atoms with van der Waals surface area (Å²) in [4.78, 5) is 27.3. The Balaban J connectivity index is 1.93. The maximum absolute atomic E-state index is 12.3. The fourth-order valence-electron chi connectivity index (χ4n) is 2.66. The molecule has 116 valence electrons. The van der Waals surface area contributed by atoms with Crippen molar-refractivity contribution in [3.8, 4) is 0 Å². The maximum Gasteiger partial charge on any atom is 0.236 e. The lowest BCUT2D eigenvalue weighted by Gasteiger charge is -2.37. The Morgan fingerprint density at radius 1 is 1.38 bits per heavy atom. The molecule has 0 aromatic carbocycles. The average molecular weight is 294 g/mol. The van der Waals surface area contributed by atoms with Crippen molar-refractivity contribution in [2.45, 2.75) is 32.7 Å². The van der Waals surface area contributed by atoms with E-state index in [0.29, 0.717) is 32.5 Å². The Morgan fingerprint density at radius 3 is 2.67 bits per heavy atom. The number of amides is 2. The van der Waals surface area contributed by atoms with Crippen LogP contribution < -0.4 is 5.73 Å². The number of primary amides is 1. The number of hydrogen-bond donors (Lipinski definition) is 1. The fourth-order valence-corrected chi connectivity index (χ4v) is 2.66. The predicted molar refractivity (Wildman–Crippen MR) is 76.5 cm³/mol. The number of carbonyl (C=O) groups is 2. The van der Waals surface area contributed by atoms with Crippen LogP contribution in [0.1, 0.15) is 23.4 Å². The summed E-state index contributed by atoms with van der Waals surface area (Å²) in [6.07, 6.45) is 0.992. The number of rotatable bonds is 4. The molecular formula is C14H22N4O3. The minimum Gasteiger partial charge on any atom is -0.368 e. The van der Waals surface area contributed by atoms with Crippen molar-refractivity contribution in [1.29, 1.82) is 0 Å². The Labute approximate surface area is 124 Å². The molecule has 0 radical (unpaired) electrons. The first kappa shape index (κ1) is 15.5. The largest absolute Gasteiger partial charge is 0.368 e. The first-order chi connectivity index (χ1) is 9.90. The highest BCUT2D eigenvalue weighted by atomic mass is 16.5. The summed E-state index contributed by atoms with van der Waals surface area (Å²) in [5.74, 6) is 0.406.